The first-order chi connectivity index (χ1) is 5.66. The van der Waals surface area contributed by atoms with Crippen molar-refractivity contribution in [3.05, 3.63) is 23.3 Å². The van der Waals surface area contributed by atoms with E-state index in [2.05, 4.69) is 10.6 Å². The lowest BCUT2D eigenvalue weighted by Crippen LogP contribution is -2.08. The van der Waals surface area contributed by atoms with Gasteiger partial charge in [-0.3, -0.25) is 0 Å². The molecule has 3 heteroatoms. The number of nitrogens with zero attached hydrogens (tertiary/aromatic N) is 1. The van der Waals surface area contributed by atoms with Gasteiger partial charge in [-0.15, -0.1) is 0 Å². The third-order valence-electron chi connectivity index (χ3n) is 1.91. The quantitative estimate of drug-likeness (QED) is 0.622. The van der Waals surface area contributed by atoms with Gasteiger partial charge >= 0.3 is 6.03 Å². The maximum absolute atomic E-state index is 10.9. The number of hydrogen-bond acceptors (Lipinski definition) is 1. The van der Waals surface area contributed by atoms with Gasteiger partial charge in [0.15, 0.2) is 0 Å². The SMILES string of the molecule is Cc1cc(C)c2c(c1)[N]C(=O)N2. The third-order valence-corrected chi connectivity index (χ3v) is 1.91. The van der Waals surface area contributed by atoms with Gasteiger partial charge in [0.25, 0.3) is 0 Å². The molecule has 1 N–H and O–H groups in total. The van der Waals surface area contributed by atoms with Crippen LogP contribution in [0, 0.1) is 13.8 Å². The van der Waals surface area contributed by atoms with Crippen LogP contribution in [0.25, 0.3) is 0 Å². The van der Waals surface area contributed by atoms with E-state index in [1.807, 2.05) is 26.0 Å². The molecular weight excluding hydrogens is 152 g/mol. The van der Waals surface area contributed by atoms with E-state index in [1.165, 1.54) is 0 Å². The van der Waals surface area contributed by atoms with Crippen molar-refractivity contribution < 1.29 is 4.79 Å². The van der Waals surface area contributed by atoms with E-state index in [0.717, 1.165) is 22.5 Å². The minimum atomic E-state index is -0.265. The monoisotopic (exact) mass is 161 g/mol. The highest BCUT2D eigenvalue weighted by molar-refractivity contribution is 6.03. The summed E-state index contributed by atoms with van der Waals surface area (Å²) in [5.74, 6) is 0. The van der Waals surface area contributed by atoms with E-state index in [1.54, 1.807) is 0 Å². The van der Waals surface area contributed by atoms with Crippen molar-refractivity contribution >= 4 is 17.4 Å². The Bertz CT molecular complexity index is 358. The van der Waals surface area contributed by atoms with Gasteiger partial charge in [0.2, 0.25) is 0 Å². The Kier molecular flexibility index (Phi) is 1.33. The second-order valence-electron chi connectivity index (χ2n) is 3.02. The van der Waals surface area contributed by atoms with Crippen molar-refractivity contribution in [3.8, 4) is 0 Å². The largest absolute Gasteiger partial charge is 0.346 e. The molecule has 1 aromatic carbocycles. The summed E-state index contributed by atoms with van der Waals surface area (Å²) >= 11 is 0. The number of carbonyl (C=O) groups is 1. The molecule has 1 radical (unpaired) electrons. The molecule has 0 bridgehead atoms. The number of benzene rings is 1. The number of carbonyl (C=O) groups excluding carboxylic acids is 1. The summed E-state index contributed by atoms with van der Waals surface area (Å²) in [6, 6.07) is 3.67. The van der Waals surface area contributed by atoms with Gasteiger partial charge < -0.3 is 5.32 Å². The molecule has 0 fully saturated rings. The van der Waals surface area contributed by atoms with Crippen LogP contribution in [0.5, 0.6) is 0 Å². The van der Waals surface area contributed by atoms with Crippen LogP contribution < -0.4 is 10.6 Å². The Hall–Kier alpha value is -1.51. The van der Waals surface area contributed by atoms with Crippen LogP contribution in [-0.2, 0) is 0 Å². The molecule has 3 nitrogen and oxygen atoms in total. The van der Waals surface area contributed by atoms with E-state index < -0.39 is 0 Å². The summed E-state index contributed by atoms with van der Waals surface area (Å²) in [4.78, 5) is 10.9. The van der Waals surface area contributed by atoms with Crippen LogP contribution in [0.2, 0.25) is 0 Å². The van der Waals surface area contributed by atoms with Crippen LogP contribution in [0.3, 0.4) is 0 Å². The highest BCUT2D eigenvalue weighted by atomic mass is 16.2. The van der Waals surface area contributed by atoms with Crippen LogP contribution >= 0.6 is 0 Å². The van der Waals surface area contributed by atoms with Crippen molar-refractivity contribution in [1.29, 1.82) is 0 Å². The topological polar surface area (TPSA) is 43.2 Å². The molecule has 2 amide bonds. The fraction of sp³-hybridized carbons (Fsp3) is 0.222. The summed E-state index contributed by atoms with van der Waals surface area (Å²) in [6.07, 6.45) is 0. The Morgan fingerprint density at radius 2 is 2.08 bits per heavy atom. The van der Waals surface area contributed by atoms with Gasteiger partial charge in [-0.1, -0.05) is 6.07 Å². The standard InChI is InChI=1S/C9H9N2O/c1-5-3-6(2)8-7(4-5)10-9(12)11-8/h3-4H,1-2H3,(H,11,12). The van der Waals surface area contributed by atoms with E-state index in [0.29, 0.717) is 0 Å². The number of hydrogen-bond donors (Lipinski definition) is 1. The molecule has 2 rings (SSSR count). The zero-order valence-corrected chi connectivity index (χ0v) is 7.01. The number of fused-ring (bicyclic) bond motifs is 1. The average molecular weight is 161 g/mol. The summed E-state index contributed by atoms with van der Waals surface area (Å²) < 4.78 is 0. The summed E-state index contributed by atoms with van der Waals surface area (Å²) in [6.45, 7) is 3.96. The zero-order chi connectivity index (χ0) is 8.72. The minimum Gasteiger partial charge on any atom is -0.304 e. The molecule has 0 saturated heterocycles. The number of nitrogens with one attached hydrogen (secondary N) is 1. The highest BCUT2D eigenvalue weighted by Crippen LogP contribution is 2.31. The summed E-state index contributed by atoms with van der Waals surface area (Å²) in [5, 5.41) is 6.51. The fourth-order valence-corrected chi connectivity index (χ4v) is 1.44. The Morgan fingerprint density at radius 3 is 2.83 bits per heavy atom. The number of amides is 2. The van der Waals surface area contributed by atoms with Gasteiger partial charge in [0.05, 0.1) is 11.4 Å². The van der Waals surface area contributed by atoms with Crippen LogP contribution in [0.15, 0.2) is 12.1 Å². The molecule has 0 aromatic heterocycles. The second-order valence-corrected chi connectivity index (χ2v) is 3.02. The zero-order valence-electron chi connectivity index (χ0n) is 7.01. The Balaban J connectivity index is 2.59. The summed E-state index contributed by atoms with van der Waals surface area (Å²) in [5.41, 5.74) is 3.81. The van der Waals surface area contributed by atoms with Crippen LogP contribution in [-0.4, -0.2) is 6.03 Å². The molecule has 0 spiro atoms. The first-order valence-electron chi connectivity index (χ1n) is 3.81. The van der Waals surface area contributed by atoms with Crippen LogP contribution in [0.4, 0.5) is 16.2 Å². The molecular formula is C9H9N2O. The number of anilines is 1. The summed E-state index contributed by atoms with van der Waals surface area (Å²) in [7, 11) is 0. The number of urea groups is 1. The van der Waals surface area contributed by atoms with Crippen molar-refractivity contribution in [1.82, 2.24) is 5.32 Å². The van der Waals surface area contributed by atoms with Gasteiger partial charge in [-0.05, 0) is 31.0 Å². The maximum Gasteiger partial charge on any atom is 0.346 e. The first kappa shape index (κ1) is 7.16. The lowest BCUT2D eigenvalue weighted by Gasteiger charge is -2.02. The Labute approximate surface area is 70.8 Å². The van der Waals surface area contributed by atoms with Crippen molar-refractivity contribution in [3.63, 3.8) is 0 Å². The van der Waals surface area contributed by atoms with Gasteiger partial charge in [-0.2, -0.15) is 5.32 Å². The van der Waals surface area contributed by atoms with E-state index in [9.17, 15) is 4.79 Å². The molecule has 1 aromatic rings. The second kappa shape index (κ2) is 2.24. The lowest BCUT2D eigenvalue weighted by atomic mass is 10.1. The van der Waals surface area contributed by atoms with E-state index in [-0.39, 0.29) is 6.03 Å². The van der Waals surface area contributed by atoms with Gasteiger partial charge in [-0.25, -0.2) is 4.79 Å². The average Bonchev–Trinajstić information content (AvgIpc) is 2.29. The van der Waals surface area contributed by atoms with Crippen molar-refractivity contribution in [2.24, 2.45) is 0 Å². The normalized spacial score (nSPS) is 13.7. The van der Waals surface area contributed by atoms with Crippen molar-refractivity contribution in [2.45, 2.75) is 13.8 Å². The van der Waals surface area contributed by atoms with Gasteiger partial charge in [0, 0.05) is 0 Å². The smallest absolute Gasteiger partial charge is 0.304 e. The molecule has 0 aliphatic carbocycles. The predicted molar refractivity (Wildman–Crippen MR) is 46.7 cm³/mol. The molecule has 0 unspecified atom stereocenters. The highest BCUT2D eigenvalue weighted by Gasteiger charge is 2.20. The molecule has 1 heterocycles. The van der Waals surface area contributed by atoms with Crippen LogP contribution in [0.1, 0.15) is 11.1 Å². The van der Waals surface area contributed by atoms with Crippen molar-refractivity contribution in [2.75, 3.05) is 5.32 Å². The van der Waals surface area contributed by atoms with E-state index in [4.69, 9.17) is 0 Å². The fourth-order valence-electron chi connectivity index (χ4n) is 1.44. The van der Waals surface area contributed by atoms with E-state index >= 15 is 0 Å². The minimum absolute atomic E-state index is 0.265. The lowest BCUT2D eigenvalue weighted by molar-refractivity contribution is 0.256. The predicted octanol–water partition coefficient (Wildman–Crippen LogP) is 2.08. The molecule has 12 heavy (non-hydrogen) atoms. The molecule has 1 aliphatic heterocycles. The number of aryl methyl sites for hydroxylation is 2. The van der Waals surface area contributed by atoms with Gasteiger partial charge in [0.1, 0.15) is 0 Å². The maximum atomic E-state index is 10.9. The first-order valence-corrected chi connectivity index (χ1v) is 3.81. The molecule has 61 valence electrons. The molecule has 0 saturated carbocycles. The molecule has 1 aliphatic rings. The Morgan fingerprint density at radius 1 is 1.33 bits per heavy atom. The number of rotatable bonds is 0. The third kappa shape index (κ3) is 0.942. The molecule has 0 atom stereocenters.